The third kappa shape index (κ3) is 3.78. The Morgan fingerprint density at radius 2 is 1.86 bits per heavy atom. The molecule has 36 heavy (non-hydrogen) atoms. The predicted molar refractivity (Wildman–Crippen MR) is 134 cm³/mol. The Morgan fingerprint density at radius 3 is 2.72 bits per heavy atom. The summed E-state index contributed by atoms with van der Waals surface area (Å²) in [6.45, 7) is 6.31. The molecule has 1 aliphatic heterocycles. The molecule has 0 aliphatic carbocycles. The quantitative estimate of drug-likeness (QED) is 0.404. The number of nitrogens with one attached hydrogen (secondary N) is 1. The van der Waals surface area contributed by atoms with Crippen LogP contribution in [0.5, 0.6) is 5.75 Å². The van der Waals surface area contributed by atoms with Crippen LogP contribution in [-0.4, -0.2) is 35.5 Å². The molecule has 0 spiro atoms. The summed E-state index contributed by atoms with van der Waals surface area (Å²) in [6, 6.07) is 19.8. The maximum absolute atomic E-state index is 12.9. The molecule has 1 atom stereocenters. The van der Waals surface area contributed by atoms with Crippen molar-refractivity contribution in [3.8, 4) is 11.6 Å². The van der Waals surface area contributed by atoms with Crippen molar-refractivity contribution in [3.63, 3.8) is 0 Å². The SMILES string of the molecule is Cc1cccc(COc2ccccc2[C@H]2CC(=O)Nc3c2c(C)nn3-c2ccc3nnc(C)n3n2)c1. The van der Waals surface area contributed by atoms with Gasteiger partial charge in [0.05, 0.1) is 5.69 Å². The fourth-order valence-corrected chi connectivity index (χ4v) is 4.84. The molecule has 3 aromatic heterocycles. The number of anilines is 1. The minimum Gasteiger partial charge on any atom is -0.489 e. The van der Waals surface area contributed by atoms with E-state index in [-0.39, 0.29) is 11.8 Å². The zero-order chi connectivity index (χ0) is 24.8. The van der Waals surface area contributed by atoms with Crippen molar-refractivity contribution < 1.29 is 9.53 Å². The van der Waals surface area contributed by atoms with Crippen LogP contribution in [-0.2, 0) is 11.4 Å². The van der Waals surface area contributed by atoms with Gasteiger partial charge in [-0.25, -0.2) is 0 Å². The van der Waals surface area contributed by atoms with Gasteiger partial charge in [-0.1, -0.05) is 48.0 Å². The topological polar surface area (TPSA) is 99.2 Å². The smallest absolute Gasteiger partial charge is 0.226 e. The van der Waals surface area contributed by atoms with E-state index in [9.17, 15) is 4.79 Å². The van der Waals surface area contributed by atoms with Gasteiger partial charge in [-0.05, 0) is 44.5 Å². The maximum Gasteiger partial charge on any atom is 0.226 e. The van der Waals surface area contributed by atoms with E-state index in [1.54, 1.807) is 9.20 Å². The summed E-state index contributed by atoms with van der Waals surface area (Å²) in [5.74, 6) is 2.35. The van der Waals surface area contributed by atoms with E-state index in [1.807, 2.05) is 56.3 Å². The van der Waals surface area contributed by atoms with Crippen molar-refractivity contribution in [2.24, 2.45) is 0 Å². The summed E-state index contributed by atoms with van der Waals surface area (Å²) < 4.78 is 9.62. The summed E-state index contributed by atoms with van der Waals surface area (Å²) in [6.07, 6.45) is 0.307. The molecule has 0 unspecified atom stereocenters. The van der Waals surface area contributed by atoms with E-state index in [0.717, 1.165) is 28.1 Å². The van der Waals surface area contributed by atoms with E-state index in [0.29, 0.717) is 36.1 Å². The Bertz CT molecular complexity index is 1620. The molecule has 0 radical (unpaired) electrons. The second-order valence-electron chi connectivity index (χ2n) is 9.09. The van der Waals surface area contributed by atoms with E-state index in [1.165, 1.54) is 5.56 Å². The number of ether oxygens (including phenoxy) is 1. The largest absolute Gasteiger partial charge is 0.489 e. The minimum absolute atomic E-state index is 0.0799. The van der Waals surface area contributed by atoms with Crippen molar-refractivity contribution in [3.05, 3.63) is 94.4 Å². The highest BCUT2D eigenvalue weighted by Crippen LogP contribution is 2.43. The molecule has 4 heterocycles. The van der Waals surface area contributed by atoms with Crippen molar-refractivity contribution in [1.29, 1.82) is 0 Å². The number of amides is 1. The van der Waals surface area contributed by atoms with E-state index in [2.05, 4.69) is 45.7 Å². The zero-order valence-electron chi connectivity index (χ0n) is 20.3. The second kappa shape index (κ2) is 8.60. The number of aryl methyl sites for hydroxylation is 3. The van der Waals surface area contributed by atoms with Gasteiger partial charge >= 0.3 is 0 Å². The van der Waals surface area contributed by atoms with E-state index in [4.69, 9.17) is 9.84 Å². The van der Waals surface area contributed by atoms with Crippen molar-refractivity contribution in [2.45, 2.75) is 39.7 Å². The Kier molecular flexibility index (Phi) is 5.25. The lowest BCUT2D eigenvalue weighted by molar-refractivity contribution is -0.116. The van der Waals surface area contributed by atoms with Crippen LogP contribution in [0.4, 0.5) is 5.82 Å². The number of nitrogens with zero attached hydrogens (tertiary/aromatic N) is 6. The van der Waals surface area contributed by atoms with Crippen molar-refractivity contribution in [2.75, 3.05) is 5.32 Å². The normalized spacial score (nSPS) is 15.1. The Hall–Kier alpha value is -4.53. The highest BCUT2D eigenvalue weighted by Gasteiger charge is 2.34. The van der Waals surface area contributed by atoms with Gasteiger partial charge in [-0.15, -0.1) is 15.3 Å². The van der Waals surface area contributed by atoms with E-state index >= 15 is 0 Å². The second-order valence-corrected chi connectivity index (χ2v) is 9.09. The Morgan fingerprint density at radius 1 is 1.00 bits per heavy atom. The lowest BCUT2D eigenvalue weighted by atomic mass is 9.85. The third-order valence-electron chi connectivity index (χ3n) is 6.50. The molecular formula is C27H25N7O2. The first-order chi connectivity index (χ1) is 17.5. The van der Waals surface area contributed by atoms with Crippen LogP contribution in [0.3, 0.4) is 0 Å². The third-order valence-corrected chi connectivity index (χ3v) is 6.50. The van der Waals surface area contributed by atoms with Crippen molar-refractivity contribution >= 4 is 17.4 Å². The fraction of sp³-hybridized carbons (Fsp3) is 0.222. The van der Waals surface area contributed by atoms with Gasteiger partial charge in [0.1, 0.15) is 18.2 Å². The number of benzene rings is 2. The van der Waals surface area contributed by atoms with Crippen LogP contribution in [0.2, 0.25) is 0 Å². The Balaban J connectivity index is 1.40. The fourth-order valence-electron chi connectivity index (χ4n) is 4.84. The monoisotopic (exact) mass is 479 g/mol. The standard InChI is InChI=1S/C27H25N7O2/c1-16-7-6-8-19(13-16)15-36-22-10-5-4-9-20(22)21-14-25(35)28-27-26(21)17(2)31-34(27)24-12-11-23-30-29-18(3)33(23)32-24/h4-13,21H,14-15H2,1-3H3,(H,28,35)/t21-/m1/s1. The number of hydrogen-bond donors (Lipinski definition) is 1. The summed E-state index contributed by atoms with van der Waals surface area (Å²) in [4.78, 5) is 12.9. The number of carbonyl (C=O) groups excluding carboxylic acids is 1. The zero-order valence-corrected chi connectivity index (χ0v) is 20.3. The predicted octanol–water partition coefficient (Wildman–Crippen LogP) is 4.29. The molecule has 0 fully saturated rings. The molecule has 0 saturated carbocycles. The Labute approximate surface area is 207 Å². The molecule has 0 bridgehead atoms. The highest BCUT2D eigenvalue weighted by atomic mass is 16.5. The first-order valence-corrected chi connectivity index (χ1v) is 11.8. The van der Waals surface area contributed by atoms with Gasteiger partial charge in [-0.2, -0.15) is 14.3 Å². The summed E-state index contributed by atoms with van der Waals surface area (Å²) in [7, 11) is 0. The summed E-state index contributed by atoms with van der Waals surface area (Å²) >= 11 is 0. The van der Waals surface area contributed by atoms with Crippen LogP contribution in [0.15, 0.2) is 60.7 Å². The lowest BCUT2D eigenvalue weighted by Crippen LogP contribution is -2.25. The highest BCUT2D eigenvalue weighted by molar-refractivity contribution is 5.95. The average Bonchev–Trinajstić information content (AvgIpc) is 3.41. The first kappa shape index (κ1) is 22.0. The molecule has 9 heteroatoms. The number of rotatable bonds is 5. The average molecular weight is 480 g/mol. The molecule has 5 aromatic rings. The summed E-state index contributed by atoms with van der Waals surface area (Å²) in [5.41, 5.74) is 5.68. The van der Waals surface area contributed by atoms with Gasteiger partial charge in [0, 0.05) is 23.5 Å². The molecular weight excluding hydrogens is 454 g/mol. The van der Waals surface area contributed by atoms with Gasteiger partial charge < -0.3 is 10.1 Å². The number of fused-ring (bicyclic) bond motifs is 2. The number of aromatic nitrogens is 6. The molecule has 1 N–H and O–H groups in total. The van der Waals surface area contributed by atoms with Crippen LogP contribution in [0, 0.1) is 20.8 Å². The molecule has 9 nitrogen and oxygen atoms in total. The molecule has 180 valence electrons. The van der Waals surface area contributed by atoms with Gasteiger partial charge in [-0.3, -0.25) is 4.79 Å². The molecule has 1 aliphatic rings. The molecule has 1 amide bonds. The van der Waals surface area contributed by atoms with Gasteiger partial charge in [0.15, 0.2) is 17.3 Å². The molecule has 6 rings (SSSR count). The van der Waals surface area contributed by atoms with Gasteiger partial charge in [0.2, 0.25) is 5.91 Å². The van der Waals surface area contributed by atoms with Gasteiger partial charge in [0.25, 0.3) is 0 Å². The van der Waals surface area contributed by atoms with E-state index < -0.39 is 0 Å². The first-order valence-electron chi connectivity index (χ1n) is 11.8. The lowest BCUT2D eigenvalue weighted by Gasteiger charge is -2.26. The summed E-state index contributed by atoms with van der Waals surface area (Å²) in [5, 5.41) is 20.6. The van der Waals surface area contributed by atoms with Crippen LogP contribution < -0.4 is 10.1 Å². The number of hydrogen-bond acceptors (Lipinski definition) is 6. The minimum atomic E-state index is -0.198. The van der Waals surface area contributed by atoms with Crippen LogP contribution >= 0.6 is 0 Å². The maximum atomic E-state index is 12.9. The molecule has 0 saturated heterocycles. The van der Waals surface area contributed by atoms with Crippen LogP contribution in [0.25, 0.3) is 11.5 Å². The number of para-hydroxylation sites is 1. The van der Waals surface area contributed by atoms with Crippen LogP contribution in [0.1, 0.15) is 46.1 Å². The molecule has 2 aromatic carbocycles. The van der Waals surface area contributed by atoms with Crippen molar-refractivity contribution in [1.82, 2.24) is 29.6 Å². The number of carbonyl (C=O) groups is 1.